The number of hydrogen-bond donors (Lipinski definition) is 9. The quantitative estimate of drug-likeness (QED) is 0.123. The summed E-state index contributed by atoms with van der Waals surface area (Å²) >= 11 is 0. The second kappa shape index (κ2) is 13.3. The summed E-state index contributed by atoms with van der Waals surface area (Å²) in [6.07, 6.45) is -6.56. The summed E-state index contributed by atoms with van der Waals surface area (Å²) in [4.78, 5) is 45.7. The van der Waals surface area contributed by atoms with Crippen LogP contribution in [0.25, 0.3) is 0 Å². The van der Waals surface area contributed by atoms with E-state index in [1.807, 2.05) is 0 Å². The number of carboxylic acids is 1. The van der Waals surface area contributed by atoms with Crippen molar-refractivity contribution in [1.82, 2.24) is 16.0 Å². The zero-order chi connectivity index (χ0) is 24.3. The van der Waals surface area contributed by atoms with Gasteiger partial charge in [0.05, 0.1) is 25.1 Å². The molecule has 0 aliphatic carbocycles. The van der Waals surface area contributed by atoms with E-state index in [2.05, 4.69) is 16.0 Å². The second-order valence-corrected chi connectivity index (χ2v) is 6.93. The molecule has 3 amide bonds. The SMILES string of the molecule is NC(CNC=O)C(=O)N[C@@H](CO)[C@@H](O)[C@@H](O)[C@H](O)C(=O)NC(CC(=O)O)c1ccccc1. The molecule has 0 bridgehead atoms. The number of carbonyl (C=O) groups is 4. The lowest BCUT2D eigenvalue weighted by Crippen LogP contribution is -2.59. The lowest BCUT2D eigenvalue weighted by atomic mass is 9.99. The summed E-state index contributed by atoms with van der Waals surface area (Å²) in [5.41, 5.74) is 5.95. The van der Waals surface area contributed by atoms with Crippen LogP contribution in [0.4, 0.5) is 0 Å². The van der Waals surface area contributed by atoms with Crippen molar-refractivity contribution in [2.75, 3.05) is 13.2 Å². The predicted molar refractivity (Wildman–Crippen MR) is 109 cm³/mol. The van der Waals surface area contributed by atoms with Crippen molar-refractivity contribution in [3.8, 4) is 0 Å². The minimum Gasteiger partial charge on any atom is -0.481 e. The predicted octanol–water partition coefficient (Wildman–Crippen LogP) is -4.05. The Kier molecular flexibility index (Phi) is 11.2. The average Bonchev–Trinajstić information content (AvgIpc) is 2.78. The first kappa shape index (κ1) is 26.9. The smallest absolute Gasteiger partial charge is 0.305 e. The molecule has 0 saturated heterocycles. The van der Waals surface area contributed by atoms with E-state index in [1.165, 1.54) is 0 Å². The third kappa shape index (κ3) is 8.20. The molecular formula is C19H28N4O9. The van der Waals surface area contributed by atoms with Crippen LogP contribution < -0.4 is 21.7 Å². The van der Waals surface area contributed by atoms with Gasteiger partial charge in [0.2, 0.25) is 12.3 Å². The van der Waals surface area contributed by atoms with Crippen molar-refractivity contribution in [3.05, 3.63) is 35.9 Å². The van der Waals surface area contributed by atoms with Crippen molar-refractivity contribution in [3.63, 3.8) is 0 Å². The Balaban J connectivity index is 2.82. The molecule has 1 aromatic carbocycles. The Hall–Kier alpha value is -3.10. The first-order valence-corrected chi connectivity index (χ1v) is 9.57. The molecule has 13 nitrogen and oxygen atoms in total. The fourth-order valence-corrected chi connectivity index (χ4v) is 2.75. The summed E-state index contributed by atoms with van der Waals surface area (Å²) in [5, 5.41) is 55.7. The maximum absolute atomic E-state index is 12.4. The number of aliphatic hydroxyl groups excluding tert-OH is 4. The molecule has 0 radical (unpaired) electrons. The van der Waals surface area contributed by atoms with E-state index in [-0.39, 0.29) is 6.54 Å². The first-order chi connectivity index (χ1) is 15.1. The number of nitrogens with one attached hydrogen (secondary N) is 3. The van der Waals surface area contributed by atoms with Gasteiger partial charge in [-0.2, -0.15) is 0 Å². The van der Waals surface area contributed by atoms with Crippen LogP contribution in [-0.2, 0) is 19.2 Å². The van der Waals surface area contributed by atoms with Gasteiger partial charge in [-0.05, 0) is 5.56 Å². The standard InChI is InChI=1S/C19H28N4O9/c20-11(7-21-9-25)18(31)23-13(8-24)15(28)16(29)17(30)19(32)22-12(6-14(26)27)10-4-2-1-3-5-10/h1-5,9,11-13,15-17,24,28-30H,6-8,20H2,(H,21,25)(H,22,32)(H,23,31)(H,26,27)/t11?,12?,13-,15+,16+,17-/m0/s1. The van der Waals surface area contributed by atoms with Crippen LogP contribution in [0.15, 0.2) is 30.3 Å². The fraction of sp³-hybridized carbons (Fsp3) is 0.474. The maximum atomic E-state index is 12.4. The maximum Gasteiger partial charge on any atom is 0.305 e. The molecule has 6 atom stereocenters. The minimum absolute atomic E-state index is 0.235. The molecule has 0 aliphatic rings. The van der Waals surface area contributed by atoms with E-state index in [1.54, 1.807) is 30.3 Å². The Morgan fingerprint density at radius 2 is 1.62 bits per heavy atom. The number of carboxylic acid groups (broad SMARTS) is 1. The lowest BCUT2D eigenvalue weighted by molar-refractivity contribution is -0.145. The molecule has 32 heavy (non-hydrogen) atoms. The van der Waals surface area contributed by atoms with Crippen LogP contribution in [-0.4, -0.2) is 93.3 Å². The number of benzene rings is 1. The normalized spacial score (nSPS) is 16.5. The van der Waals surface area contributed by atoms with Crippen molar-refractivity contribution in [1.29, 1.82) is 0 Å². The summed E-state index contributed by atoms with van der Waals surface area (Å²) in [6.45, 7) is -1.11. The van der Waals surface area contributed by atoms with E-state index in [0.29, 0.717) is 12.0 Å². The Labute approximate surface area is 183 Å². The summed E-state index contributed by atoms with van der Waals surface area (Å²) in [5.74, 6) is -3.28. The van der Waals surface area contributed by atoms with Crippen LogP contribution in [0.2, 0.25) is 0 Å². The monoisotopic (exact) mass is 456 g/mol. The highest BCUT2D eigenvalue weighted by Crippen LogP contribution is 2.17. The molecule has 1 aromatic rings. The molecule has 0 aromatic heterocycles. The van der Waals surface area contributed by atoms with Gasteiger partial charge in [0, 0.05) is 6.54 Å². The van der Waals surface area contributed by atoms with E-state index in [9.17, 15) is 39.6 Å². The van der Waals surface area contributed by atoms with Crippen molar-refractivity contribution in [2.45, 2.75) is 42.9 Å². The zero-order valence-electron chi connectivity index (χ0n) is 17.0. The third-order valence-electron chi connectivity index (χ3n) is 4.53. The molecule has 0 spiro atoms. The van der Waals surface area contributed by atoms with E-state index >= 15 is 0 Å². The van der Waals surface area contributed by atoms with Crippen molar-refractivity contribution < 1.29 is 44.7 Å². The van der Waals surface area contributed by atoms with Crippen LogP contribution in [0.3, 0.4) is 0 Å². The van der Waals surface area contributed by atoms with Crippen LogP contribution in [0.5, 0.6) is 0 Å². The Bertz CT molecular complexity index is 764. The van der Waals surface area contributed by atoms with Crippen molar-refractivity contribution >= 4 is 24.2 Å². The molecule has 178 valence electrons. The molecule has 2 unspecified atom stereocenters. The Morgan fingerprint density at radius 3 is 2.16 bits per heavy atom. The zero-order valence-corrected chi connectivity index (χ0v) is 17.0. The van der Waals surface area contributed by atoms with E-state index in [4.69, 9.17) is 10.8 Å². The average molecular weight is 456 g/mol. The largest absolute Gasteiger partial charge is 0.481 e. The van der Waals surface area contributed by atoms with Crippen molar-refractivity contribution in [2.24, 2.45) is 5.73 Å². The summed E-state index contributed by atoms with van der Waals surface area (Å²) in [6, 6.07) is 4.28. The van der Waals surface area contributed by atoms with Gasteiger partial charge >= 0.3 is 5.97 Å². The third-order valence-corrected chi connectivity index (χ3v) is 4.53. The second-order valence-electron chi connectivity index (χ2n) is 6.93. The topological polar surface area (TPSA) is 232 Å². The number of aliphatic hydroxyl groups is 4. The number of nitrogens with two attached hydrogens (primary N) is 1. The number of aliphatic carboxylic acids is 1. The highest BCUT2D eigenvalue weighted by Gasteiger charge is 2.37. The molecule has 0 saturated carbocycles. The highest BCUT2D eigenvalue weighted by atomic mass is 16.4. The van der Waals surface area contributed by atoms with Gasteiger partial charge in [0.1, 0.15) is 18.2 Å². The lowest BCUT2D eigenvalue weighted by Gasteiger charge is -2.30. The van der Waals surface area contributed by atoms with Crippen LogP contribution in [0.1, 0.15) is 18.0 Å². The fourth-order valence-electron chi connectivity index (χ4n) is 2.75. The first-order valence-electron chi connectivity index (χ1n) is 9.57. The van der Waals surface area contributed by atoms with Crippen LogP contribution >= 0.6 is 0 Å². The van der Waals surface area contributed by atoms with Gasteiger partial charge in [0.25, 0.3) is 5.91 Å². The van der Waals surface area contributed by atoms with E-state index < -0.39 is 67.2 Å². The van der Waals surface area contributed by atoms with Gasteiger partial charge in [-0.3, -0.25) is 19.2 Å². The number of amides is 3. The van der Waals surface area contributed by atoms with Crippen LogP contribution in [0, 0.1) is 0 Å². The number of hydrogen-bond acceptors (Lipinski definition) is 9. The molecule has 0 aliphatic heterocycles. The molecule has 1 rings (SSSR count). The van der Waals surface area contributed by atoms with Gasteiger partial charge in [-0.25, -0.2) is 0 Å². The molecular weight excluding hydrogens is 428 g/mol. The summed E-state index contributed by atoms with van der Waals surface area (Å²) < 4.78 is 0. The number of rotatable bonds is 14. The minimum atomic E-state index is -2.22. The van der Waals surface area contributed by atoms with E-state index in [0.717, 1.165) is 0 Å². The van der Waals surface area contributed by atoms with Gasteiger partial charge in [0.15, 0.2) is 6.10 Å². The highest BCUT2D eigenvalue weighted by molar-refractivity contribution is 5.83. The number of carbonyl (C=O) groups excluding carboxylic acids is 3. The van der Waals surface area contributed by atoms with Gasteiger partial charge in [-0.15, -0.1) is 0 Å². The van der Waals surface area contributed by atoms with Gasteiger partial charge < -0.3 is 47.2 Å². The Morgan fingerprint density at radius 1 is 1.00 bits per heavy atom. The molecule has 13 heteroatoms. The molecule has 0 fully saturated rings. The summed E-state index contributed by atoms with van der Waals surface area (Å²) in [7, 11) is 0. The molecule has 0 heterocycles. The van der Waals surface area contributed by atoms with Gasteiger partial charge in [-0.1, -0.05) is 30.3 Å². The molecule has 10 N–H and O–H groups in total.